The van der Waals surface area contributed by atoms with Gasteiger partial charge in [0.2, 0.25) is 0 Å². The van der Waals surface area contributed by atoms with Crippen molar-refractivity contribution in [1.82, 2.24) is 9.55 Å². The number of nitrogens with zero attached hydrogens (tertiary/aromatic N) is 1. The van der Waals surface area contributed by atoms with Crippen LogP contribution in [0.1, 0.15) is 31.5 Å². The predicted octanol–water partition coefficient (Wildman–Crippen LogP) is 1.44. The third kappa shape index (κ3) is 2.50. The smallest absolute Gasteiger partial charge is 0.288 e. The fourth-order valence-electron chi connectivity index (χ4n) is 1.70. The topological polar surface area (TPSA) is 54.9 Å². The highest BCUT2D eigenvalue weighted by Gasteiger charge is 2.11. The van der Waals surface area contributed by atoms with Gasteiger partial charge in [-0.15, -0.1) is 0 Å². The van der Waals surface area contributed by atoms with E-state index in [4.69, 9.17) is 0 Å². The lowest BCUT2D eigenvalue weighted by molar-refractivity contribution is 0.705. The maximum Gasteiger partial charge on any atom is 0.329 e. The van der Waals surface area contributed by atoms with E-state index in [0.717, 1.165) is 30.5 Å². The van der Waals surface area contributed by atoms with Gasteiger partial charge in [-0.05, 0) is 12.8 Å². The molecule has 0 bridgehead atoms. The molecular weight excluding hydrogens is 307 g/mol. The monoisotopic (exact) mass is 322 g/mol. The standard InChI is InChI=1S/C10H15IN2O2/c1-3-5-7-8(4-2)13(6-11)10(15)12-9(7)14/h3-6H2,1-2H3,(H,12,14,15). The molecule has 0 saturated carbocycles. The molecule has 1 aromatic rings. The minimum absolute atomic E-state index is 0.222. The molecule has 15 heavy (non-hydrogen) atoms. The van der Waals surface area contributed by atoms with Gasteiger partial charge in [0.05, 0.1) is 4.55 Å². The number of rotatable bonds is 4. The molecule has 1 N–H and O–H groups in total. The first-order valence-electron chi connectivity index (χ1n) is 5.06. The van der Waals surface area contributed by atoms with Crippen molar-refractivity contribution in [3.8, 4) is 0 Å². The van der Waals surface area contributed by atoms with Crippen LogP contribution in [0.25, 0.3) is 0 Å². The highest BCUT2D eigenvalue weighted by atomic mass is 127. The molecule has 84 valence electrons. The Morgan fingerprint density at radius 3 is 2.47 bits per heavy atom. The first-order chi connectivity index (χ1) is 7.15. The average molecular weight is 322 g/mol. The van der Waals surface area contributed by atoms with E-state index in [2.05, 4.69) is 27.6 Å². The van der Waals surface area contributed by atoms with E-state index in [0.29, 0.717) is 4.55 Å². The summed E-state index contributed by atoms with van der Waals surface area (Å²) in [5.74, 6) is 0. The van der Waals surface area contributed by atoms with Crippen LogP contribution in [0.2, 0.25) is 0 Å². The second-order valence-electron chi connectivity index (χ2n) is 3.34. The lowest BCUT2D eigenvalue weighted by Gasteiger charge is -2.11. The molecule has 0 aliphatic carbocycles. The van der Waals surface area contributed by atoms with Crippen LogP contribution in [0.5, 0.6) is 0 Å². The molecule has 4 nitrogen and oxygen atoms in total. The van der Waals surface area contributed by atoms with E-state index in [9.17, 15) is 9.59 Å². The number of H-pyrrole nitrogens is 1. The van der Waals surface area contributed by atoms with E-state index in [-0.39, 0.29) is 11.2 Å². The fourth-order valence-corrected chi connectivity index (χ4v) is 2.42. The maximum absolute atomic E-state index is 11.6. The molecule has 0 aliphatic rings. The predicted molar refractivity (Wildman–Crippen MR) is 68.7 cm³/mol. The minimum atomic E-state index is -0.300. The number of aromatic amines is 1. The summed E-state index contributed by atoms with van der Waals surface area (Å²) in [5, 5.41) is 0. The molecule has 0 amide bonds. The zero-order valence-corrected chi connectivity index (χ0v) is 11.1. The van der Waals surface area contributed by atoms with Crippen molar-refractivity contribution in [3.05, 3.63) is 32.1 Å². The summed E-state index contributed by atoms with van der Waals surface area (Å²) >= 11 is 2.13. The molecule has 1 aromatic heterocycles. The zero-order chi connectivity index (χ0) is 11.4. The first-order valence-corrected chi connectivity index (χ1v) is 6.59. The van der Waals surface area contributed by atoms with Crippen molar-refractivity contribution in [1.29, 1.82) is 0 Å². The SMILES string of the molecule is CCCc1c(CC)n(CI)c(=O)[nH]c1=O. The summed E-state index contributed by atoms with van der Waals surface area (Å²) in [4.78, 5) is 25.5. The van der Waals surface area contributed by atoms with Crippen LogP contribution in [0.3, 0.4) is 0 Å². The molecule has 1 heterocycles. The van der Waals surface area contributed by atoms with Crippen LogP contribution in [0.15, 0.2) is 9.59 Å². The lowest BCUT2D eigenvalue weighted by atomic mass is 10.1. The Morgan fingerprint density at radius 1 is 1.33 bits per heavy atom. The van der Waals surface area contributed by atoms with Gasteiger partial charge in [0.15, 0.2) is 0 Å². The second-order valence-corrected chi connectivity index (χ2v) is 4.02. The Labute approximate surface area is 102 Å². The van der Waals surface area contributed by atoms with Gasteiger partial charge >= 0.3 is 5.69 Å². The number of halogens is 1. The number of aromatic nitrogens is 2. The fraction of sp³-hybridized carbons (Fsp3) is 0.600. The van der Waals surface area contributed by atoms with E-state index in [1.807, 2.05) is 13.8 Å². The van der Waals surface area contributed by atoms with E-state index in [1.54, 1.807) is 4.57 Å². The first kappa shape index (κ1) is 12.5. The third-order valence-corrected chi connectivity index (χ3v) is 3.05. The molecule has 0 fully saturated rings. The summed E-state index contributed by atoms with van der Waals surface area (Å²) in [7, 11) is 0. The highest BCUT2D eigenvalue weighted by Crippen LogP contribution is 2.06. The van der Waals surface area contributed by atoms with Crippen molar-refractivity contribution in [2.45, 2.75) is 37.7 Å². The molecule has 0 atom stereocenters. The van der Waals surface area contributed by atoms with Gasteiger partial charge in [0.25, 0.3) is 5.56 Å². The van der Waals surface area contributed by atoms with Gasteiger partial charge < -0.3 is 0 Å². The average Bonchev–Trinajstić information content (AvgIpc) is 2.21. The number of nitrogens with one attached hydrogen (secondary N) is 1. The molecule has 0 unspecified atom stereocenters. The highest BCUT2D eigenvalue weighted by molar-refractivity contribution is 14.1. The van der Waals surface area contributed by atoms with Crippen molar-refractivity contribution in [3.63, 3.8) is 0 Å². The number of hydrogen-bond acceptors (Lipinski definition) is 2. The van der Waals surface area contributed by atoms with Crippen molar-refractivity contribution in [2.24, 2.45) is 0 Å². The van der Waals surface area contributed by atoms with Crippen LogP contribution in [-0.2, 0) is 17.4 Å². The summed E-state index contributed by atoms with van der Waals surface area (Å²) in [6, 6.07) is 0. The van der Waals surface area contributed by atoms with Gasteiger partial charge in [-0.3, -0.25) is 14.3 Å². The van der Waals surface area contributed by atoms with Crippen molar-refractivity contribution >= 4 is 22.6 Å². The molecule has 0 aliphatic heterocycles. The molecule has 0 aromatic carbocycles. The van der Waals surface area contributed by atoms with Gasteiger partial charge in [0.1, 0.15) is 0 Å². The van der Waals surface area contributed by atoms with Crippen LogP contribution in [-0.4, -0.2) is 9.55 Å². The summed E-state index contributed by atoms with van der Waals surface area (Å²) in [6.07, 6.45) is 2.36. The molecule has 0 saturated heterocycles. The zero-order valence-electron chi connectivity index (χ0n) is 8.97. The Morgan fingerprint density at radius 2 is 2.00 bits per heavy atom. The Hall–Kier alpha value is -0.590. The Kier molecular flexibility index (Phi) is 4.56. The molecule has 0 spiro atoms. The summed E-state index contributed by atoms with van der Waals surface area (Å²) in [5.41, 5.74) is 1.11. The summed E-state index contributed by atoms with van der Waals surface area (Å²) < 4.78 is 2.21. The second kappa shape index (κ2) is 5.48. The minimum Gasteiger partial charge on any atom is -0.288 e. The quantitative estimate of drug-likeness (QED) is 0.674. The molecule has 0 radical (unpaired) electrons. The van der Waals surface area contributed by atoms with Gasteiger partial charge in [-0.1, -0.05) is 42.9 Å². The molecule has 1 rings (SSSR count). The van der Waals surface area contributed by atoms with Crippen LogP contribution in [0.4, 0.5) is 0 Å². The van der Waals surface area contributed by atoms with Gasteiger partial charge in [-0.2, -0.15) is 0 Å². The van der Waals surface area contributed by atoms with E-state index < -0.39 is 0 Å². The van der Waals surface area contributed by atoms with Crippen LogP contribution >= 0.6 is 22.6 Å². The maximum atomic E-state index is 11.6. The molecular formula is C10H15IN2O2. The normalized spacial score (nSPS) is 10.6. The lowest BCUT2D eigenvalue weighted by Crippen LogP contribution is -2.34. The van der Waals surface area contributed by atoms with E-state index >= 15 is 0 Å². The summed E-state index contributed by atoms with van der Waals surface area (Å²) in [6.45, 7) is 3.99. The Bertz CT molecular complexity index is 448. The number of hydrogen-bond donors (Lipinski definition) is 1. The number of alkyl halides is 1. The van der Waals surface area contributed by atoms with Crippen LogP contribution in [0, 0.1) is 0 Å². The Balaban J connectivity index is 3.49. The van der Waals surface area contributed by atoms with Gasteiger partial charge in [-0.25, -0.2) is 4.79 Å². The van der Waals surface area contributed by atoms with Crippen LogP contribution < -0.4 is 11.2 Å². The van der Waals surface area contributed by atoms with E-state index in [1.165, 1.54) is 0 Å². The largest absolute Gasteiger partial charge is 0.329 e. The van der Waals surface area contributed by atoms with Crippen molar-refractivity contribution < 1.29 is 0 Å². The van der Waals surface area contributed by atoms with Crippen molar-refractivity contribution in [2.75, 3.05) is 0 Å². The molecule has 5 heteroatoms. The third-order valence-electron chi connectivity index (χ3n) is 2.37. The van der Waals surface area contributed by atoms with Gasteiger partial charge in [0, 0.05) is 11.3 Å².